The van der Waals surface area contributed by atoms with Crippen LogP contribution in [0.2, 0.25) is 0 Å². The molecular formula is C13H18O. The largest absolute Gasteiger partial charge is 0.392 e. The molecule has 0 atom stereocenters. The van der Waals surface area contributed by atoms with Crippen molar-refractivity contribution in [2.75, 3.05) is 6.61 Å². The predicted molar refractivity (Wildman–Crippen MR) is 60.2 cm³/mol. The molecule has 1 N–H and O–H groups in total. The van der Waals surface area contributed by atoms with Gasteiger partial charge in [-0.05, 0) is 31.7 Å². The minimum atomic E-state index is 0.186. The highest BCUT2D eigenvalue weighted by Crippen LogP contribution is 2.05. The van der Waals surface area contributed by atoms with Gasteiger partial charge in [-0.25, -0.2) is 0 Å². The minimum Gasteiger partial charge on any atom is -0.392 e. The summed E-state index contributed by atoms with van der Waals surface area (Å²) in [6, 6.07) is 10.5. The summed E-state index contributed by atoms with van der Waals surface area (Å²) in [7, 11) is 0. The zero-order chi connectivity index (χ0) is 10.2. The molecule has 0 heterocycles. The smallest absolute Gasteiger partial charge is 0.0639 e. The van der Waals surface area contributed by atoms with E-state index in [0.29, 0.717) is 0 Å². The predicted octanol–water partition coefficient (Wildman–Crippen LogP) is 2.95. The molecule has 0 aliphatic carbocycles. The molecular weight excluding hydrogens is 172 g/mol. The molecule has 0 spiro atoms. The van der Waals surface area contributed by atoms with Gasteiger partial charge in [0.05, 0.1) is 6.61 Å². The molecule has 0 aromatic heterocycles. The number of aliphatic hydroxyl groups is 1. The van der Waals surface area contributed by atoms with Crippen LogP contribution in [0.15, 0.2) is 42.0 Å². The van der Waals surface area contributed by atoms with Gasteiger partial charge in [-0.15, -0.1) is 0 Å². The number of unbranched alkanes of at least 4 members (excludes halogenated alkanes) is 1. The molecule has 76 valence electrons. The third-order valence-electron chi connectivity index (χ3n) is 2.25. The zero-order valence-electron chi connectivity index (χ0n) is 8.74. The second kappa shape index (κ2) is 6.39. The third kappa shape index (κ3) is 4.24. The van der Waals surface area contributed by atoms with E-state index in [2.05, 4.69) is 30.3 Å². The molecule has 0 saturated heterocycles. The van der Waals surface area contributed by atoms with E-state index in [9.17, 15) is 0 Å². The summed E-state index contributed by atoms with van der Waals surface area (Å²) < 4.78 is 0. The van der Waals surface area contributed by atoms with Crippen molar-refractivity contribution in [3.63, 3.8) is 0 Å². The van der Waals surface area contributed by atoms with Crippen molar-refractivity contribution >= 4 is 0 Å². The molecule has 0 unspecified atom stereocenters. The Balaban J connectivity index is 2.23. The van der Waals surface area contributed by atoms with Crippen molar-refractivity contribution in [3.05, 3.63) is 47.5 Å². The molecule has 0 aliphatic heterocycles. The van der Waals surface area contributed by atoms with Crippen LogP contribution in [-0.4, -0.2) is 11.7 Å². The van der Waals surface area contributed by atoms with E-state index in [4.69, 9.17) is 5.11 Å². The number of aliphatic hydroxyl groups excluding tert-OH is 1. The van der Waals surface area contributed by atoms with Crippen LogP contribution in [0.4, 0.5) is 0 Å². The maximum atomic E-state index is 8.78. The summed E-state index contributed by atoms with van der Waals surface area (Å²) in [5, 5.41) is 8.78. The first-order valence-electron chi connectivity index (χ1n) is 5.13. The summed E-state index contributed by atoms with van der Waals surface area (Å²) in [5.41, 5.74) is 2.46. The van der Waals surface area contributed by atoms with Crippen molar-refractivity contribution in [2.45, 2.75) is 26.2 Å². The number of aryl methyl sites for hydroxylation is 1. The summed E-state index contributed by atoms with van der Waals surface area (Å²) in [5.74, 6) is 0. The number of hydrogen-bond acceptors (Lipinski definition) is 1. The first-order valence-corrected chi connectivity index (χ1v) is 5.13. The van der Waals surface area contributed by atoms with Gasteiger partial charge >= 0.3 is 0 Å². The van der Waals surface area contributed by atoms with Gasteiger partial charge in [0.1, 0.15) is 0 Å². The van der Waals surface area contributed by atoms with Crippen molar-refractivity contribution < 1.29 is 5.11 Å². The van der Waals surface area contributed by atoms with Gasteiger partial charge in [0.2, 0.25) is 0 Å². The van der Waals surface area contributed by atoms with Gasteiger partial charge < -0.3 is 5.11 Å². The molecule has 14 heavy (non-hydrogen) atoms. The molecule has 0 radical (unpaired) electrons. The SMILES string of the molecule is CC(=CCCCc1ccccc1)CO. The fraction of sp³-hybridized carbons (Fsp3) is 0.385. The van der Waals surface area contributed by atoms with Crippen molar-refractivity contribution in [2.24, 2.45) is 0 Å². The minimum absolute atomic E-state index is 0.186. The Morgan fingerprint density at radius 2 is 2.00 bits per heavy atom. The zero-order valence-corrected chi connectivity index (χ0v) is 8.74. The topological polar surface area (TPSA) is 20.2 Å². The maximum Gasteiger partial charge on any atom is 0.0639 e. The number of benzene rings is 1. The average molecular weight is 190 g/mol. The molecule has 1 nitrogen and oxygen atoms in total. The Hall–Kier alpha value is -1.08. The second-order valence-corrected chi connectivity index (χ2v) is 3.59. The van der Waals surface area contributed by atoms with Crippen LogP contribution in [0, 0.1) is 0 Å². The van der Waals surface area contributed by atoms with E-state index in [1.807, 2.05) is 13.0 Å². The van der Waals surface area contributed by atoms with Crippen LogP contribution in [0.5, 0.6) is 0 Å². The Bertz CT molecular complexity index is 275. The molecule has 0 saturated carbocycles. The Kier molecular flexibility index (Phi) is 5.02. The van der Waals surface area contributed by atoms with E-state index < -0.39 is 0 Å². The van der Waals surface area contributed by atoms with E-state index in [1.54, 1.807) is 0 Å². The molecule has 0 amide bonds. The summed E-state index contributed by atoms with van der Waals surface area (Å²) in [4.78, 5) is 0. The molecule has 0 fully saturated rings. The normalized spacial score (nSPS) is 11.7. The Morgan fingerprint density at radius 3 is 2.64 bits per heavy atom. The molecule has 1 aromatic rings. The molecule has 1 rings (SSSR count). The Labute approximate surface area is 86.1 Å². The van der Waals surface area contributed by atoms with Crippen molar-refractivity contribution in [1.29, 1.82) is 0 Å². The third-order valence-corrected chi connectivity index (χ3v) is 2.25. The van der Waals surface area contributed by atoms with Gasteiger partial charge in [-0.3, -0.25) is 0 Å². The van der Waals surface area contributed by atoms with Gasteiger partial charge in [-0.1, -0.05) is 42.0 Å². The monoisotopic (exact) mass is 190 g/mol. The summed E-state index contributed by atoms with van der Waals surface area (Å²) in [6.07, 6.45) is 5.45. The highest BCUT2D eigenvalue weighted by molar-refractivity contribution is 5.14. The van der Waals surface area contributed by atoms with Crippen LogP contribution >= 0.6 is 0 Å². The number of rotatable bonds is 5. The van der Waals surface area contributed by atoms with Crippen molar-refractivity contribution in [1.82, 2.24) is 0 Å². The lowest BCUT2D eigenvalue weighted by atomic mass is 10.1. The first-order chi connectivity index (χ1) is 6.83. The van der Waals surface area contributed by atoms with Crippen LogP contribution < -0.4 is 0 Å². The lowest BCUT2D eigenvalue weighted by molar-refractivity contribution is 0.331. The molecule has 0 bridgehead atoms. The van der Waals surface area contributed by atoms with Gasteiger partial charge in [0.25, 0.3) is 0 Å². The molecule has 1 heteroatoms. The van der Waals surface area contributed by atoms with Crippen LogP contribution in [0.25, 0.3) is 0 Å². The van der Waals surface area contributed by atoms with Crippen LogP contribution in [-0.2, 0) is 6.42 Å². The van der Waals surface area contributed by atoms with E-state index >= 15 is 0 Å². The van der Waals surface area contributed by atoms with Gasteiger partial charge in [0, 0.05) is 0 Å². The van der Waals surface area contributed by atoms with E-state index in [0.717, 1.165) is 24.8 Å². The molecule has 1 aromatic carbocycles. The number of allylic oxidation sites excluding steroid dienone is 1. The van der Waals surface area contributed by atoms with Gasteiger partial charge in [0.15, 0.2) is 0 Å². The fourth-order valence-corrected chi connectivity index (χ4v) is 1.36. The quantitative estimate of drug-likeness (QED) is 0.559. The average Bonchev–Trinajstić information content (AvgIpc) is 2.25. The first kappa shape index (κ1) is 11.0. The van der Waals surface area contributed by atoms with Gasteiger partial charge in [-0.2, -0.15) is 0 Å². The lowest BCUT2D eigenvalue weighted by Crippen LogP contribution is -1.86. The summed E-state index contributed by atoms with van der Waals surface area (Å²) in [6.45, 7) is 2.15. The Morgan fingerprint density at radius 1 is 1.29 bits per heavy atom. The molecule has 0 aliphatic rings. The highest BCUT2D eigenvalue weighted by Gasteiger charge is 1.90. The van der Waals surface area contributed by atoms with Crippen LogP contribution in [0.1, 0.15) is 25.3 Å². The number of hydrogen-bond donors (Lipinski definition) is 1. The highest BCUT2D eigenvalue weighted by atomic mass is 16.3. The van der Waals surface area contributed by atoms with Crippen molar-refractivity contribution in [3.8, 4) is 0 Å². The maximum absolute atomic E-state index is 8.78. The van der Waals surface area contributed by atoms with Crippen LogP contribution in [0.3, 0.4) is 0 Å². The standard InChI is InChI=1S/C13H18O/c1-12(11-14)7-5-6-10-13-8-3-2-4-9-13/h2-4,7-9,14H,5-6,10-11H2,1H3. The van der Waals surface area contributed by atoms with E-state index in [-0.39, 0.29) is 6.61 Å². The lowest BCUT2D eigenvalue weighted by Gasteiger charge is -1.99. The van der Waals surface area contributed by atoms with E-state index in [1.165, 1.54) is 5.56 Å². The summed E-state index contributed by atoms with van der Waals surface area (Å²) >= 11 is 0. The fourth-order valence-electron chi connectivity index (χ4n) is 1.36. The second-order valence-electron chi connectivity index (χ2n) is 3.59.